The Hall–Kier alpha value is -5.99. The summed E-state index contributed by atoms with van der Waals surface area (Å²) in [5.41, 5.74) is 9.39. The molecule has 0 bridgehead atoms. The second kappa shape index (κ2) is 22.6. The minimum atomic E-state index is -0.662. The molecule has 0 unspecified atom stereocenters. The Labute approximate surface area is 388 Å². The molecule has 0 fully saturated rings. The highest BCUT2D eigenvalue weighted by molar-refractivity contribution is 6.03. The number of unbranched alkanes of at least 4 members (excludes halogenated alkanes) is 1. The number of carbonyl (C=O) groups excluding carboxylic acids is 3. The number of amides is 3. The lowest BCUT2D eigenvalue weighted by atomic mass is 9.81. The summed E-state index contributed by atoms with van der Waals surface area (Å²) in [6.07, 6.45) is 16.4. The van der Waals surface area contributed by atoms with Crippen molar-refractivity contribution in [2.75, 3.05) is 25.0 Å². The molecular formula is C55H66ClN5O3. The van der Waals surface area contributed by atoms with Gasteiger partial charge in [-0.05, 0) is 67.9 Å². The van der Waals surface area contributed by atoms with Crippen LogP contribution in [0.25, 0.3) is 0 Å². The molecule has 2 aliphatic rings. The molecule has 0 radical (unpaired) electrons. The molecule has 0 aliphatic carbocycles. The van der Waals surface area contributed by atoms with E-state index in [1.165, 1.54) is 40.0 Å². The van der Waals surface area contributed by atoms with Crippen LogP contribution in [-0.2, 0) is 38.3 Å². The van der Waals surface area contributed by atoms with Gasteiger partial charge in [0.25, 0.3) is 0 Å². The van der Waals surface area contributed by atoms with Gasteiger partial charge in [0, 0.05) is 73.2 Å². The van der Waals surface area contributed by atoms with Crippen molar-refractivity contribution >= 4 is 34.8 Å². The fourth-order valence-electron chi connectivity index (χ4n) is 8.93. The molecule has 6 rings (SSSR count). The maximum Gasteiger partial charge on any atom is 0.246 e. The molecule has 2 N–H and O–H groups in total. The Morgan fingerprint density at radius 3 is 2.00 bits per heavy atom. The lowest BCUT2D eigenvalue weighted by Gasteiger charge is -2.27. The highest BCUT2D eigenvalue weighted by Gasteiger charge is 2.42. The molecule has 4 aromatic carbocycles. The standard InChI is InChI=1S/C55H65N5O3.ClH/c1-41(2)38-46(53(63)56-36-23-35-52(62)59(39-42-24-11-8-12-25-42)40-43-26-13-9-14-27-43)57-51(61)34-21-22-37-60-48-31-20-18-29-45(48)55(5,6)50(60)33-16-10-15-32-49-54(3,4)44-28-17-19-30-47(44)58(49)7;/h8-20,23-33,35,41,46H,21-22,34,36-40H2,1-7H3,(H-,56,57,61,63);1H/b35-23+;/t46-;/m0./s1. The van der Waals surface area contributed by atoms with Crippen LogP contribution >= 0.6 is 0 Å². The van der Waals surface area contributed by atoms with Crippen molar-refractivity contribution in [3.05, 3.63) is 180 Å². The largest absolute Gasteiger partial charge is 1.00 e. The summed E-state index contributed by atoms with van der Waals surface area (Å²) >= 11 is 0. The number of hydrogen-bond donors (Lipinski definition) is 2. The van der Waals surface area contributed by atoms with Gasteiger partial charge < -0.3 is 32.8 Å². The predicted octanol–water partition coefficient (Wildman–Crippen LogP) is 7.09. The first kappa shape index (κ1) is 49.0. The van der Waals surface area contributed by atoms with Gasteiger partial charge in [0.05, 0.1) is 5.41 Å². The minimum absolute atomic E-state index is 0. The molecular weight excluding hydrogens is 814 g/mol. The van der Waals surface area contributed by atoms with E-state index < -0.39 is 6.04 Å². The van der Waals surface area contributed by atoms with E-state index >= 15 is 0 Å². The van der Waals surface area contributed by atoms with E-state index in [-0.39, 0.29) is 53.4 Å². The molecule has 8 nitrogen and oxygen atoms in total. The van der Waals surface area contributed by atoms with Gasteiger partial charge >= 0.3 is 0 Å². The number of nitrogens with one attached hydrogen (secondary N) is 2. The molecule has 0 saturated carbocycles. The number of rotatable bonds is 19. The van der Waals surface area contributed by atoms with Crippen LogP contribution in [0.1, 0.15) is 89.5 Å². The van der Waals surface area contributed by atoms with Gasteiger partial charge in [-0.1, -0.05) is 149 Å². The molecule has 0 aromatic heterocycles. The molecule has 0 spiro atoms. The fourth-order valence-corrected chi connectivity index (χ4v) is 8.93. The van der Waals surface area contributed by atoms with Crippen LogP contribution in [0.2, 0.25) is 0 Å². The van der Waals surface area contributed by atoms with Crippen LogP contribution in [-0.4, -0.2) is 59.1 Å². The van der Waals surface area contributed by atoms with Gasteiger partial charge in [0.15, 0.2) is 5.71 Å². The summed E-state index contributed by atoms with van der Waals surface area (Å²) in [5.74, 6) is -0.332. The number of halogens is 1. The zero-order valence-electron chi connectivity index (χ0n) is 38.7. The average molecular weight is 881 g/mol. The summed E-state index contributed by atoms with van der Waals surface area (Å²) in [6.45, 7) is 15.1. The quantitative estimate of drug-likeness (QED) is 0.0457. The maximum atomic E-state index is 13.4. The highest BCUT2D eigenvalue weighted by atomic mass is 35.5. The van der Waals surface area contributed by atoms with Gasteiger partial charge in [0.2, 0.25) is 23.4 Å². The summed E-state index contributed by atoms with van der Waals surface area (Å²) in [7, 11) is 2.14. The van der Waals surface area contributed by atoms with Gasteiger partial charge in [-0.15, -0.1) is 0 Å². The topological polar surface area (TPSA) is 84.8 Å². The number of anilines is 1. The van der Waals surface area contributed by atoms with Crippen LogP contribution in [0.15, 0.2) is 157 Å². The minimum Gasteiger partial charge on any atom is -1.00 e. The normalized spacial score (nSPS) is 16.1. The van der Waals surface area contributed by atoms with E-state index in [9.17, 15) is 14.4 Å². The number of nitrogens with zero attached hydrogens (tertiary/aromatic N) is 3. The Morgan fingerprint density at radius 1 is 0.750 bits per heavy atom. The lowest BCUT2D eigenvalue weighted by Crippen LogP contribution is -3.00. The van der Waals surface area contributed by atoms with E-state index in [1.54, 1.807) is 11.0 Å². The fraction of sp³-hybridized carbons (Fsp3) is 0.345. The van der Waals surface area contributed by atoms with Crippen molar-refractivity contribution in [3.63, 3.8) is 0 Å². The van der Waals surface area contributed by atoms with Gasteiger partial charge in [0.1, 0.15) is 13.1 Å². The van der Waals surface area contributed by atoms with Gasteiger partial charge in [-0.3, -0.25) is 14.4 Å². The second-order valence-electron chi connectivity index (χ2n) is 18.2. The highest BCUT2D eigenvalue weighted by Crippen LogP contribution is 2.47. The van der Waals surface area contributed by atoms with Crippen molar-refractivity contribution in [2.24, 2.45) is 5.92 Å². The SMILES string of the molecule is CC(C)C[C@H](NC(=O)CCCCN1/C(=C/C=C/C=C/C2=[N+](C)c3ccccc3C2(C)C)C(C)(C)c2ccccc21)C(=O)NC/C=C/C(=O)N(Cc1ccccc1)Cc1ccccc1.[Cl-]. The first-order chi connectivity index (χ1) is 30.3. The van der Waals surface area contributed by atoms with E-state index in [0.29, 0.717) is 32.4 Å². The van der Waals surface area contributed by atoms with E-state index in [0.717, 1.165) is 24.1 Å². The van der Waals surface area contributed by atoms with Crippen molar-refractivity contribution in [2.45, 2.75) is 97.2 Å². The molecule has 9 heteroatoms. The van der Waals surface area contributed by atoms with Crippen LogP contribution in [0.3, 0.4) is 0 Å². The zero-order chi connectivity index (χ0) is 45.0. The second-order valence-corrected chi connectivity index (χ2v) is 18.2. The average Bonchev–Trinajstić information content (AvgIpc) is 3.60. The van der Waals surface area contributed by atoms with Gasteiger partial charge in [-0.25, -0.2) is 0 Å². The van der Waals surface area contributed by atoms with E-state index in [2.05, 4.69) is 134 Å². The molecule has 64 heavy (non-hydrogen) atoms. The molecule has 1 atom stereocenters. The van der Waals surface area contributed by atoms with Crippen LogP contribution in [0.4, 0.5) is 11.4 Å². The summed E-state index contributed by atoms with van der Waals surface area (Å²) in [5, 5.41) is 5.94. The number of allylic oxidation sites excluding steroid dienone is 6. The van der Waals surface area contributed by atoms with E-state index in [1.807, 2.05) is 74.5 Å². The molecule has 2 aliphatic heterocycles. The molecule has 336 valence electrons. The number of hydrogen-bond acceptors (Lipinski definition) is 4. The van der Waals surface area contributed by atoms with Crippen molar-refractivity contribution in [1.82, 2.24) is 15.5 Å². The summed E-state index contributed by atoms with van der Waals surface area (Å²) in [6, 6.07) is 36.4. The van der Waals surface area contributed by atoms with Crippen LogP contribution in [0, 0.1) is 5.92 Å². The Bertz CT molecular complexity index is 2340. The smallest absolute Gasteiger partial charge is 0.246 e. The maximum absolute atomic E-state index is 13.4. The third-order valence-corrected chi connectivity index (χ3v) is 12.3. The monoisotopic (exact) mass is 879 g/mol. The molecule has 2 heterocycles. The van der Waals surface area contributed by atoms with E-state index in [4.69, 9.17) is 0 Å². The van der Waals surface area contributed by atoms with Crippen LogP contribution < -0.4 is 27.9 Å². The Kier molecular flexibility index (Phi) is 17.3. The third kappa shape index (κ3) is 12.2. The first-order valence-electron chi connectivity index (χ1n) is 22.5. The van der Waals surface area contributed by atoms with Crippen molar-refractivity contribution < 1.29 is 31.4 Å². The Balaban J connectivity index is 0.00000771. The predicted molar refractivity (Wildman–Crippen MR) is 258 cm³/mol. The van der Waals surface area contributed by atoms with Crippen LogP contribution in [0.5, 0.6) is 0 Å². The third-order valence-electron chi connectivity index (χ3n) is 12.3. The molecule has 3 amide bonds. The Morgan fingerprint density at radius 2 is 1.36 bits per heavy atom. The number of fused-ring (bicyclic) bond motifs is 2. The van der Waals surface area contributed by atoms with Crippen molar-refractivity contribution in [1.29, 1.82) is 0 Å². The summed E-state index contributed by atoms with van der Waals surface area (Å²) in [4.78, 5) is 44.3. The molecule has 4 aromatic rings. The zero-order valence-corrected chi connectivity index (χ0v) is 39.4. The lowest BCUT2D eigenvalue weighted by molar-refractivity contribution is -0.401. The molecule has 0 saturated heterocycles. The summed E-state index contributed by atoms with van der Waals surface area (Å²) < 4.78 is 2.29. The van der Waals surface area contributed by atoms with Crippen molar-refractivity contribution in [3.8, 4) is 0 Å². The number of benzene rings is 4. The number of carbonyl (C=O) groups is 3. The van der Waals surface area contributed by atoms with Gasteiger partial charge in [-0.2, -0.15) is 4.58 Å². The first-order valence-corrected chi connectivity index (χ1v) is 22.5. The number of para-hydroxylation sites is 2.